The average molecular weight is 394 g/mol. The average Bonchev–Trinajstić information content (AvgIpc) is 3.15. The maximum Gasteiger partial charge on any atom is 0.250 e. The van der Waals surface area contributed by atoms with Gasteiger partial charge in [0.1, 0.15) is 5.54 Å². The second-order valence-corrected chi connectivity index (χ2v) is 6.36. The van der Waals surface area contributed by atoms with Gasteiger partial charge in [-0.25, -0.2) is 0 Å². The van der Waals surface area contributed by atoms with E-state index in [1.807, 2.05) is 21.8 Å². The Kier molecular flexibility index (Phi) is 9.16. The summed E-state index contributed by atoms with van der Waals surface area (Å²) in [5.41, 5.74) is -0.510. The van der Waals surface area contributed by atoms with E-state index in [1.165, 1.54) is 0 Å². The van der Waals surface area contributed by atoms with Gasteiger partial charge in [-0.05, 0) is 32.0 Å². The van der Waals surface area contributed by atoms with Crippen molar-refractivity contribution in [2.24, 2.45) is 0 Å². The molecule has 1 amide bonds. The molecule has 2 saturated heterocycles. The molecule has 2 fully saturated rings. The fourth-order valence-corrected chi connectivity index (χ4v) is 3.59. The maximum absolute atomic E-state index is 13.3. The van der Waals surface area contributed by atoms with Gasteiger partial charge in [-0.3, -0.25) is 14.4 Å². The van der Waals surface area contributed by atoms with Crippen molar-refractivity contribution in [1.82, 2.24) is 24.9 Å². The number of nitrogens with zero attached hydrogens (tertiary/aromatic N) is 4. The largest absolute Gasteiger partial charge is 0.383 e. The van der Waals surface area contributed by atoms with Crippen LogP contribution in [0.5, 0.6) is 0 Å². The summed E-state index contributed by atoms with van der Waals surface area (Å²) in [7, 11) is 1.73. The Morgan fingerprint density at radius 3 is 2.44 bits per heavy atom. The third-order valence-electron chi connectivity index (χ3n) is 5.04. The van der Waals surface area contributed by atoms with Crippen molar-refractivity contribution in [2.75, 3.05) is 59.5 Å². The number of halogens is 2. The highest BCUT2D eigenvalue weighted by Crippen LogP contribution is 2.29. The quantitative estimate of drug-likeness (QED) is 0.793. The molecule has 2 aliphatic heterocycles. The summed E-state index contributed by atoms with van der Waals surface area (Å²) in [5.74, 6) is 0.231. The van der Waals surface area contributed by atoms with Gasteiger partial charge in [0.25, 0.3) is 5.91 Å². The Morgan fingerprint density at radius 1 is 1.20 bits per heavy atom. The van der Waals surface area contributed by atoms with Gasteiger partial charge in [-0.15, -0.1) is 24.8 Å². The molecule has 3 rings (SSSR count). The lowest BCUT2D eigenvalue weighted by Gasteiger charge is -2.43. The van der Waals surface area contributed by atoms with Gasteiger partial charge in [0.15, 0.2) is 0 Å². The zero-order valence-corrected chi connectivity index (χ0v) is 16.4. The molecule has 7 nitrogen and oxygen atoms in total. The van der Waals surface area contributed by atoms with E-state index in [-0.39, 0.29) is 30.7 Å². The van der Waals surface area contributed by atoms with Crippen LogP contribution in [-0.4, -0.2) is 85.0 Å². The fraction of sp³-hybridized carbons (Fsp3) is 0.750. The van der Waals surface area contributed by atoms with E-state index in [2.05, 4.69) is 15.3 Å². The minimum absolute atomic E-state index is 0. The first-order valence-electron chi connectivity index (χ1n) is 8.48. The lowest BCUT2D eigenvalue weighted by molar-refractivity contribution is -0.145. The molecule has 0 radical (unpaired) electrons. The Hall–Kier alpha value is -0.860. The first-order valence-corrected chi connectivity index (χ1v) is 8.48. The number of amides is 1. The summed E-state index contributed by atoms with van der Waals surface area (Å²) < 4.78 is 7.02. The third kappa shape index (κ3) is 4.86. The van der Waals surface area contributed by atoms with Gasteiger partial charge in [-0.1, -0.05) is 0 Å². The van der Waals surface area contributed by atoms with Gasteiger partial charge in [0.2, 0.25) is 0 Å². The first kappa shape index (κ1) is 22.2. The van der Waals surface area contributed by atoms with E-state index in [0.717, 1.165) is 65.3 Å². The zero-order valence-electron chi connectivity index (χ0n) is 14.7. The van der Waals surface area contributed by atoms with Crippen molar-refractivity contribution in [2.45, 2.75) is 18.4 Å². The summed E-state index contributed by atoms with van der Waals surface area (Å²) >= 11 is 0. The minimum Gasteiger partial charge on any atom is -0.383 e. The number of carbonyl (C=O) groups is 1. The second kappa shape index (κ2) is 10.3. The van der Waals surface area contributed by atoms with Crippen molar-refractivity contribution >= 4 is 30.7 Å². The molecule has 1 N–H and O–H groups in total. The number of rotatable bonds is 5. The van der Waals surface area contributed by atoms with E-state index in [1.54, 1.807) is 13.3 Å². The smallest absolute Gasteiger partial charge is 0.250 e. The number of ether oxygens (including phenoxy) is 1. The Bertz CT molecular complexity index is 501. The van der Waals surface area contributed by atoms with Crippen LogP contribution in [0, 0.1) is 0 Å². The molecule has 1 aromatic rings. The number of carbonyl (C=O) groups excluding carboxylic acids is 1. The highest BCUT2D eigenvalue weighted by atomic mass is 35.5. The fourth-order valence-electron chi connectivity index (χ4n) is 3.59. The first-order chi connectivity index (χ1) is 11.3. The highest BCUT2D eigenvalue weighted by molar-refractivity contribution is 5.86. The monoisotopic (exact) mass is 393 g/mol. The molecule has 0 spiro atoms. The number of methoxy groups -OCH3 is 1. The summed E-state index contributed by atoms with van der Waals surface area (Å²) in [6.07, 6.45) is 5.30. The molecule has 2 aliphatic rings. The molecular weight excluding hydrogens is 365 g/mol. The predicted octanol–water partition coefficient (Wildman–Crippen LogP) is 0.596. The van der Waals surface area contributed by atoms with Crippen LogP contribution in [0.4, 0.5) is 0 Å². The van der Waals surface area contributed by atoms with Crippen LogP contribution >= 0.6 is 24.8 Å². The van der Waals surface area contributed by atoms with E-state index >= 15 is 0 Å². The van der Waals surface area contributed by atoms with Crippen molar-refractivity contribution in [1.29, 1.82) is 0 Å². The number of nitrogens with one attached hydrogen (secondary N) is 1. The summed E-state index contributed by atoms with van der Waals surface area (Å²) in [4.78, 5) is 17.7. The molecule has 0 unspecified atom stereocenters. The molecule has 3 heterocycles. The van der Waals surface area contributed by atoms with Gasteiger partial charge >= 0.3 is 0 Å². The lowest BCUT2D eigenvalue weighted by Crippen LogP contribution is -2.59. The number of piperazine rings is 1. The van der Waals surface area contributed by atoms with Crippen LogP contribution in [0.2, 0.25) is 0 Å². The molecule has 0 saturated carbocycles. The van der Waals surface area contributed by atoms with Crippen LogP contribution in [-0.2, 0) is 15.1 Å². The topological polar surface area (TPSA) is 62.6 Å². The van der Waals surface area contributed by atoms with E-state index in [0.29, 0.717) is 0 Å². The van der Waals surface area contributed by atoms with Crippen molar-refractivity contribution in [3.63, 3.8) is 0 Å². The summed E-state index contributed by atoms with van der Waals surface area (Å²) in [6, 6.07) is 1.90. The Balaban J connectivity index is 0.00000156. The molecule has 0 aliphatic carbocycles. The van der Waals surface area contributed by atoms with Crippen LogP contribution in [0.3, 0.4) is 0 Å². The normalized spacial score (nSPS) is 20.4. The van der Waals surface area contributed by atoms with Crippen LogP contribution in [0.25, 0.3) is 0 Å². The van der Waals surface area contributed by atoms with Crippen molar-refractivity contribution in [3.8, 4) is 0 Å². The minimum atomic E-state index is -0.510. The van der Waals surface area contributed by atoms with Crippen LogP contribution < -0.4 is 5.32 Å². The van der Waals surface area contributed by atoms with Gasteiger partial charge in [0, 0.05) is 52.2 Å². The number of aromatic nitrogens is 2. The van der Waals surface area contributed by atoms with Crippen LogP contribution in [0.1, 0.15) is 12.8 Å². The Morgan fingerprint density at radius 2 is 1.88 bits per heavy atom. The van der Waals surface area contributed by atoms with E-state index in [9.17, 15) is 4.79 Å². The number of hydrogen-bond acceptors (Lipinski definition) is 5. The van der Waals surface area contributed by atoms with Crippen molar-refractivity contribution < 1.29 is 9.53 Å². The standard InChI is InChI=1S/C16H27N5O2.2ClH/c1-23-14-13-19-9-11-20(12-10-19)15(22)16(3-6-17-7-4-16)21-8-2-5-18-21;;/h2,5,8,17H,3-4,6-7,9-14H2,1H3;2*1H. The molecule has 25 heavy (non-hydrogen) atoms. The molecule has 9 heteroatoms. The molecule has 0 atom stereocenters. The lowest BCUT2D eigenvalue weighted by atomic mass is 9.86. The summed E-state index contributed by atoms with van der Waals surface area (Å²) in [5, 5.41) is 7.75. The number of piperidine rings is 1. The molecule has 1 aromatic heterocycles. The van der Waals surface area contributed by atoms with Gasteiger partial charge < -0.3 is 15.0 Å². The van der Waals surface area contributed by atoms with Crippen molar-refractivity contribution in [3.05, 3.63) is 18.5 Å². The van der Waals surface area contributed by atoms with Gasteiger partial charge in [0.05, 0.1) is 6.61 Å². The second-order valence-electron chi connectivity index (χ2n) is 6.36. The highest BCUT2D eigenvalue weighted by Gasteiger charge is 2.44. The zero-order chi connectivity index (χ0) is 16.1. The van der Waals surface area contributed by atoms with E-state index in [4.69, 9.17) is 4.74 Å². The summed E-state index contributed by atoms with van der Waals surface area (Å²) in [6.45, 7) is 6.82. The molecule has 0 aromatic carbocycles. The SMILES string of the molecule is COCCN1CCN(C(=O)C2(n3cccn3)CCNCC2)CC1.Cl.Cl. The Labute approximate surface area is 161 Å². The maximum atomic E-state index is 13.3. The molecular formula is C16H29Cl2N5O2. The third-order valence-corrected chi connectivity index (χ3v) is 5.04. The van der Waals surface area contributed by atoms with Gasteiger partial charge in [-0.2, -0.15) is 5.10 Å². The predicted molar refractivity (Wildman–Crippen MR) is 102 cm³/mol. The number of hydrogen-bond donors (Lipinski definition) is 1. The van der Waals surface area contributed by atoms with E-state index < -0.39 is 5.54 Å². The van der Waals surface area contributed by atoms with Crippen LogP contribution in [0.15, 0.2) is 18.5 Å². The molecule has 144 valence electrons. The molecule has 0 bridgehead atoms.